The quantitative estimate of drug-likeness (QED) is 0.541. The first kappa shape index (κ1) is 22.0. The Balaban J connectivity index is 1.93. The van der Waals surface area contributed by atoms with Crippen LogP contribution in [0.3, 0.4) is 0 Å². The Hall–Kier alpha value is -3.25. The molecule has 1 aromatic carbocycles. The molecule has 0 radical (unpaired) electrons. The fourth-order valence-electron chi connectivity index (χ4n) is 2.00. The van der Waals surface area contributed by atoms with Crippen LogP contribution in [0.25, 0.3) is 0 Å². The van der Waals surface area contributed by atoms with Crippen molar-refractivity contribution >= 4 is 39.5 Å². The number of carbonyl (C=O) groups excluding carboxylic acids is 2. The zero-order valence-electron chi connectivity index (χ0n) is 16.1. The van der Waals surface area contributed by atoms with Crippen molar-refractivity contribution in [2.45, 2.75) is 31.3 Å². The van der Waals surface area contributed by atoms with Gasteiger partial charge in [-0.2, -0.15) is 4.98 Å². The van der Waals surface area contributed by atoms with Gasteiger partial charge in [-0.05, 0) is 51.1 Å². The Labute approximate surface area is 168 Å². The minimum absolute atomic E-state index is 0.0174. The maximum atomic E-state index is 11.9. The summed E-state index contributed by atoms with van der Waals surface area (Å²) < 4.78 is 27.6. The van der Waals surface area contributed by atoms with Crippen LogP contribution in [-0.2, 0) is 19.6 Å². The first-order valence-electron chi connectivity index (χ1n) is 8.42. The molecule has 0 fully saturated rings. The molecular formula is C17H22N6O5S. The number of primary sulfonamides is 1. The topological polar surface area (TPSA) is 165 Å². The number of anilines is 3. The molecule has 29 heavy (non-hydrogen) atoms. The van der Waals surface area contributed by atoms with Crippen LogP contribution in [-0.4, -0.2) is 42.5 Å². The van der Waals surface area contributed by atoms with Gasteiger partial charge >= 0.3 is 6.09 Å². The van der Waals surface area contributed by atoms with Crippen LogP contribution in [0.5, 0.6) is 0 Å². The molecule has 1 heterocycles. The van der Waals surface area contributed by atoms with Gasteiger partial charge in [0.05, 0.1) is 4.90 Å². The van der Waals surface area contributed by atoms with E-state index in [-0.39, 0.29) is 17.4 Å². The maximum Gasteiger partial charge on any atom is 0.408 e. The zero-order chi connectivity index (χ0) is 21.7. The summed E-state index contributed by atoms with van der Waals surface area (Å²) in [6, 6.07) is 7.30. The number of sulfonamides is 1. The van der Waals surface area contributed by atoms with E-state index in [4.69, 9.17) is 9.88 Å². The molecule has 0 aliphatic heterocycles. The highest BCUT2D eigenvalue weighted by Gasteiger charge is 2.17. The van der Waals surface area contributed by atoms with Gasteiger partial charge in [0.25, 0.3) is 0 Å². The van der Waals surface area contributed by atoms with Crippen molar-refractivity contribution in [2.24, 2.45) is 5.14 Å². The second-order valence-corrected chi connectivity index (χ2v) is 8.42. The molecule has 0 aliphatic carbocycles. The van der Waals surface area contributed by atoms with E-state index in [9.17, 15) is 18.0 Å². The number of carbonyl (C=O) groups is 2. The molecule has 1 aromatic heterocycles. The predicted octanol–water partition coefficient (Wildman–Crippen LogP) is 1.33. The molecule has 2 rings (SSSR count). The highest BCUT2D eigenvalue weighted by molar-refractivity contribution is 7.89. The number of nitrogens with two attached hydrogens (primary N) is 1. The van der Waals surface area contributed by atoms with Gasteiger partial charge in [-0.1, -0.05) is 0 Å². The van der Waals surface area contributed by atoms with Crippen LogP contribution < -0.4 is 21.1 Å². The van der Waals surface area contributed by atoms with Gasteiger partial charge in [-0.25, -0.2) is 23.3 Å². The first-order valence-corrected chi connectivity index (χ1v) is 9.97. The van der Waals surface area contributed by atoms with Crippen molar-refractivity contribution in [2.75, 3.05) is 17.2 Å². The summed E-state index contributed by atoms with van der Waals surface area (Å²) in [5.74, 6) is -0.156. The van der Waals surface area contributed by atoms with Crippen molar-refractivity contribution < 1.29 is 22.7 Å². The molecule has 5 N–H and O–H groups in total. The highest BCUT2D eigenvalue weighted by atomic mass is 32.2. The summed E-state index contributed by atoms with van der Waals surface area (Å²) in [5.41, 5.74) is -0.115. The van der Waals surface area contributed by atoms with Crippen LogP contribution in [0.1, 0.15) is 20.8 Å². The van der Waals surface area contributed by atoms with Crippen LogP contribution >= 0.6 is 0 Å². The van der Waals surface area contributed by atoms with Crippen molar-refractivity contribution in [3.8, 4) is 0 Å². The number of hydrogen-bond acceptors (Lipinski definition) is 8. The van der Waals surface area contributed by atoms with Crippen LogP contribution in [0.2, 0.25) is 0 Å². The Morgan fingerprint density at radius 3 is 2.38 bits per heavy atom. The van der Waals surface area contributed by atoms with E-state index in [0.717, 1.165) is 0 Å². The van der Waals surface area contributed by atoms with E-state index in [2.05, 4.69) is 25.9 Å². The second-order valence-electron chi connectivity index (χ2n) is 6.86. The lowest BCUT2D eigenvalue weighted by atomic mass is 10.2. The van der Waals surface area contributed by atoms with E-state index in [0.29, 0.717) is 11.5 Å². The second kappa shape index (κ2) is 8.84. The SMILES string of the molecule is CC(C)(C)OC(=O)NCC(=O)Nc1nccc(Nc2ccc(S(N)(=O)=O)cc2)n1. The summed E-state index contributed by atoms with van der Waals surface area (Å²) >= 11 is 0. The number of ether oxygens (including phenoxy) is 1. The van der Waals surface area contributed by atoms with E-state index in [1.54, 1.807) is 26.8 Å². The monoisotopic (exact) mass is 422 g/mol. The molecule has 0 bridgehead atoms. The van der Waals surface area contributed by atoms with E-state index in [1.165, 1.54) is 30.5 Å². The molecule has 11 nitrogen and oxygen atoms in total. The fraction of sp³-hybridized carbons (Fsp3) is 0.294. The smallest absolute Gasteiger partial charge is 0.408 e. The van der Waals surface area contributed by atoms with Crippen molar-refractivity contribution in [3.05, 3.63) is 36.5 Å². The molecule has 12 heteroatoms. The molecular weight excluding hydrogens is 400 g/mol. The van der Waals surface area contributed by atoms with E-state index in [1.807, 2.05) is 0 Å². The average molecular weight is 422 g/mol. The third-order valence-corrected chi connectivity index (χ3v) is 4.08. The standard InChI is InChI=1S/C17H22N6O5S/c1-17(2,3)28-16(25)20-10-14(24)23-15-19-9-8-13(22-15)21-11-4-6-12(7-5-11)29(18,26)27/h4-9H,10H2,1-3H3,(H,20,25)(H2,18,26,27)(H2,19,21,22,23,24). The van der Waals surface area contributed by atoms with Gasteiger partial charge in [-0.15, -0.1) is 0 Å². The molecule has 0 aliphatic rings. The lowest BCUT2D eigenvalue weighted by Gasteiger charge is -2.19. The van der Waals surface area contributed by atoms with Crippen LogP contribution in [0.15, 0.2) is 41.4 Å². The Bertz CT molecular complexity index is 986. The van der Waals surface area contributed by atoms with Gasteiger partial charge in [0.15, 0.2) is 0 Å². The molecule has 0 saturated carbocycles. The minimum atomic E-state index is -3.77. The summed E-state index contributed by atoms with van der Waals surface area (Å²) in [4.78, 5) is 31.5. The third kappa shape index (κ3) is 7.71. The van der Waals surface area contributed by atoms with E-state index < -0.39 is 27.6 Å². The molecule has 0 spiro atoms. The van der Waals surface area contributed by atoms with Gasteiger partial charge in [0, 0.05) is 11.9 Å². The average Bonchev–Trinajstić information content (AvgIpc) is 2.58. The fourth-order valence-corrected chi connectivity index (χ4v) is 2.52. The molecule has 2 aromatic rings. The van der Waals surface area contributed by atoms with E-state index >= 15 is 0 Å². The Morgan fingerprint density at radius 1 is 1.14 bits per heavy atom. The van der Waals surface area contributed by atoms with Crippen LogP contribution in [0, 0.1) is 0 Å². The van der Waals surface area contributed by atoms with Gasteiger partial charge in [0.1, 0.15) is 18.0 Å². The number of hydrogen-bond donors (Lipinski definition) is 4. The molecule has 156 valence electrons. The number of aromatic nitrogens is 2. The van der Waals surface area contributed by atoms with Crippen molar-refractivity contribution in [1.82, 2.24) is 15.3 Å². The first-order chi connectivity index (χ1) is 13.4. The summed E-state index contributed by atoms with van der Waals surface area (Å²) in [5, 5.41) is 12.8. The highest BCUT2D eigenvalue weighted by Crippen LogP contribution is 2.17. The lowest BCUT2D eigenvalue weighted by molar-refractivity contribution is -0.115. The number of rotatable bonds is 6. The van der Waals surface area contributed by atoms with Gasteiger partial charge in [-0.3, -0.25) is 10.1 Å². The molecule has 0 atom stereocenters. The number of alkyl carbamates (subject to hydrolysis) is 1. The Morgan fingerprint density at radius 2 is 1.79 bits per heavy atom. The normalized spacial score (nSPS) is 11.4. The predicted molar refractivity (Wildman–Crippen MR) is 106 cm³/mol. The summed E-state index contributed by atoms with van der Waals surface area (Å²) in [6.07, 6.45) is 0.706. The number of amides is 2. The third-order valence-electron chi connectivity index (χ3n) is 3.15. The van der Waals surface area contributed by atoms with Crippen molar-refractivity contribution in [3.63, 3.8) is 0 Å². The maximum absolute atomic E-state index is 11.9. The number of nitrogens with zero attached hydrogens (tertiary/aromatic N) is 2. The Kier molecular flexibility index (Phi) is 6.72. The molecule has 0 unspecified atom stereocenters. The largest absolute Gasteiger partial charge is 0.444 e. The van der Waals surface area contributed by atoms with Crippen molar-refractivity contribution in [1.29, 1.82) is 0 Å². The van der Waals surface area contributed by atoms with Gasteiger partial charge in [0.2, 0.25) is 21.9 Å². The summed E-state index contributed by atoms with van der Waals surface area (Å²) in [7, 11) is -3.77. The summed E-state index contributed by atoms with van der Waals surface area (Å²) in [6.45, 7) is 4.81. The minimum Gasteiger partial charge on any atom is -0.444 e. The van der Waals surface area contributed by atoms with Gasteiger partial charge < -0.3 is 15.4 Å². The molecule has 0 saturated heterocycles. The lowest BCUT2D eigenvalue weighted by Crippen LogP contribution is -2.37. The van der Waals surface area contributed by atoms with Crippen LogP contribution in [0.4, 0.5) is 22.2 Å². The number of benzene rings is 1. The number of nitrogens with one attached hydrogen (secondary N) is 3. The zero-order valence-corrected chi connectivity index (χ0v) is 16.9. The molecule has 2 amide bonds.